The summed E-state index contributed by atoms with van der Waals surface area (Å²) >= 11 is 1.81. The fourth-order valence-corrected chi connectivity index (χ4v) is 9.85. The molecule has 1 aliphatic rings. The number of nitrogens with zero attached hydrogens (tertiary/aromatic N) is 3. The molecule has 0 unspecified atom stereocenters. The molecule has 4 heteroatoms. The van der Waals surface area contributed by atoms with E-state index in [1.54, 1.807) is 0 Å². The van der Waals surface area contributed by atoms with Crippen LogP contribution in [0.2, 0.25) is 0 Å². The first kappa shape index (κ1) is 30.3. The lowest BCUT2D eigenvalue weighted by Gasteiger charge is -2.21. The van der Waals surface area contributed by atoms with Gasteiger partial charge in [0.05, 0.1) is 16.7 Å². The highest BCUT2D eigenvalue weighted by atomic mass is 32.1. The normalized spacial score (nSPS) is 13.2. The molecular formula is C49H33N3S. The fourth-order valence-electron chi connectivity index (χ4n) is 8.64. The summed E-state index contributed by atoms with van der Waals surface area (Å²) in [6, 6.07) is 59.1. The van der Waals surface area contributed by atoms with Gasteiger partial charge in [-0.1, -0.05) is 135 Å². The summed E-state index contributed by atoms with van der Waals surface area (Å²) in [5, 5.41) is 4.95. The number of aromatic nitrogens is 3. The van der Waals surface area contributed by atoms with Crippen LogP contribution in [0, 0.1) is 0 Å². The molecule has 1 aliphatic carbocycles. The van der Waals surface area contributed by atoms with E-state index < -0.39 is 0 Å². The molecule has 0 saturated heterocycles. The van der Waals surface area contributed by atoms with Gasteiger partial charge in [0.15, 0.2) is 5.82 Å². The number of hydrogen-bond acceptors (Lipinski definition) is 3. The molecular weight excluding hydrogens is 663 g/mol. The van der Waals surface area contributed by atoms with Crippen molar-refractivity contribution in [3.05, 3.63) is 175 Å². The molecule has 0 amide bonds. The van der Waals surface area contributed by atoms with Gasteiger partial charge in [0.1, 0.15) is 5.82 Å². The van der Waals surface area contributed by atoms with Gasteiger partial charge < -0.3 is 0 Å². The highest BCUT2D eigenvalue weighted by Gasteiger charge is 2.36. The van der Waals surface area contributed by atoms with E-state index in [9.17, 15) is 0 Å². The SMILES string of the molecule is CC1(C)c2ccccc2-c2cc3c(cc21)c1ccccc1n3-c1cc(-c2cccc(-c3ccccc3)c2)nc(-c2cccc3c2sc2ccccc23)n1. The van der Waals surface area contributed by atoms with Gasteiger partial charge in [-0.25, -0.2) is 9.97 Å². The summed E-state index contributed by atoms with van der Waals surface area (Å²) in [5.74, 6) is 1.57. The Morgan fingerprint density at radius 2 is 1.17 bits per heavy atom. The van der Waals surface area contributed by atoms with Gasteiger partial charge in [-0.2, -0.15) is 0 Å². The van der Waals surface area contributed by atoms with E-state index in [1.807, 2.05) is 11.3 Å². The van der Waals surface area contributed by atoms with E-state index >= 15 is 0 Å². The predicted molar refractivity (Wildman–Crippen MR) is 223 cm³/mol. The Hall–Kier alpha value is -6.36. The van der Waals surface area contributed by atoms with Gasteiger partial charge in [0, 0.05) is 53.6 Å². The molecule has 0 aliphatic heterocycles. The van der Waals surface area contributed by atoms with Crippen LogP contribution in [0.4, 0.5) is 0 Å². The number of fused-ring (bicyclic) bond motifs is 9. The third kappa shape index (κ3) is 4.52. The van der Waals surface area contributed by atoms with E-state index in [-0.39, 0.29) is 5.41 Å². The monoisotopic (exact) mass is 695 g/mol. The van der Waals surface area contributed by atoms with Crippen LogP contribution in [0.1, 0.15) is 25.0 Å². The summed E-state index contributed by atoms with van der Waals surface area (Å²) in [6.07, 6.45) is 0. The van der Waals surface area contributed by atoms with Crippen LogP contribution in [0.5, 0.6) is 0 Å². The van der Waals surface area contributed by atoms with Crippen molar-refractivity contribution in [2.75, 3.05) is 0 Å². The minimum atomic E-state index is -0.0920. The lowest BCUT2D eigenvalue weighted by atomic mass is 9.82. The Bertz CT molecular complexity index is 3090. The van der Waals surface area contributed by atoms with Crippen LogP contribution in [-0.2, 0) is 5.41 Å². The van der Waals surface area contributed by atoms with Gasteiger partial charge in [-0.3, -0.25) is 4.57 Å². The van der Waals surface area contributed by atoms with Crippen molar-refractivity contribution in [2.45, 2.75) is 19.3 Å². The molecule has 7 aromatic carbocycles. The second-order valence-corrected chi connectivity index (χ2v) is 15.7. The molecule has 10 aromatic rings. The Morgan fingerprint density at radius 1 is 0.472 bits per heavy atom. The van der Waals surface area contributed by atoms with Crippen LogP contribution in [-0.4, -0.2) is 14.5 Å². The van der Waals surface area contributed by atoms with Gasteiger partial charge in [0.2, 0.25) is 0 Å². The maximum atomic E-state index is 5.50. The molecule has 0 N–H and O–H groups in total. The summed E-state index contributed by atoms with van der Waals surface area (Å²) in [5.41, 5.74) is 12.9. The first-order chi connectivity index (χ1) is 26.0. The molecule has 0 saturated carbocycles. The molecule has 3 aromatic heterocycles. The lowest BCUT2D eigenvalue weighted by molar-refractivity contribution is 0.661. The molecule has 0 spiro atoms. The second-order valence-electron chi connectivity index (χ2n) is 14.6. The van der Waals surface area contributed by atoms with Crippen LogP contribution in [0.3, 0.4) is 0 Å². The Morgan fingerprint density at radius 3 is 2.08 bits per heavy atom. The zero-order valence-corrected chi connectivity index (χ0v) is 30.2. The van der Waals surface area contributed by atoms with Crippen molar-refractivity contribution in [1.82, 2.24) is 14.5 Å². The molecule has 0 atom stereocenters. The van der Waals surface area contributed by atoms with Crippen molar-refractivity contribution in [1.29, 1.82) is 0 Å². The first-order valence-corrected chi connectivity index (χ1v) is 19.0. The third-order valence-electron chi connectivity index (χ3n) is 11.2. The Kier molecular flexibility index (Phi) is 6.47. The number of rotatable bonds is 4. The topological polar surface area (TPSA) is 30.7 Å². The fraction of sp³-hybridized carbons (Fsp3) is 0.0612. The minimum Gasteiger partial charge on any atom is -0.294 e. The zero-order valence-electron chi connectivity index (χ0n) is 29.3. The summed E-state index contributed by atoms with van der Waals surface area (Å²) in [7, 11) is 0. The standard InChI is InChI=1S/C49H33N3S/c1-49(2)40-23-9-6-18-33(40)38-28-44-39(27-41(38)49)34-19-7-10-24-43(34)52(44)46-29-42(32-17-12-16-31(26-32)30-14-4-3-5-15-30)50-48(51-46)37-22-13-21-36-35-20-8-11-25-45(35)53-47(36)37/h3-29H,1-2H3. The molecule has 0 bridgehead atoms. The Labute approximate surface area is 311 Å². The number of hydrogen-bond donors (Lipinski definition) is 0. The minimum absolute atomic E-state index is 0.0920. The summed E-state index contributed by atoms with van der Waals surface area (Å²) in [4.78, 5) is 10.9. The van der Waals surface area contributed by atoms with E-state index in [1.165, 1.54) is 58.8 Å². The van der Waals surface area contributed by atoms with Crippen molar-refractivity contribution < 1.29 is 0 Å². The average molecular weight is 696 g/mol. The zero-order chi connectivity index (χ0) is 35.3. The van der Waals surface area contributed by atoms with Gasteiger partial charge >= 0.3 is 0 Å². The lowest BCUT2D eigenvalue weighted by Crippen LogP contribution is -2.14. The van der Waals surface area contributed by atoms with E-state index in [0.29, 0.717) is 0 Å². The average Bonchev–Trinajstić information content (AvgIpc) is 3.83. The number of benzene rings is 7. The third-order valence-corrected chi connectivity index (χ3v) is 12.4. The quantitative estimate of drug-likeness (QED) is 0.183. The summed E-state index contributed by atoms with van der Waals surface area (Å²) < 4.78 is 4.83. The maximum Gasteiger partial charge on any atom is 0.163 e. The number of thiophene rings is 1. The number of para-hydroxylation sites is 1. The molecule has 11 rings (SSSR count). The molecule has 3 heterocycles. The van der Waals surface area contributed by atoms with Gasteiger partial charge in [-0.15, -0.1) is 11.3 Å². The van der Waals surface area contributed by atoms with Crippen LogP contribution in [0.15, 0.2) is 164 Å². The van der Waals surface area contributed by atoms with E-state index in [2.05, 4.69) is 182 Å². The van der Waals surface area contributed by atoms with Gasteiger partial charge in [-0.05, 0) is 69.8 Å². The van der Waals surface area contributed by atoms with Crippen molar-refractivity contribution in [2.24, 2.45) is 0 Å². The largest absolute Gasteiger partial charge is 0.294 e. The second kappa shape index (κ2) is 11.3. The van der Waals surface area contributed by atoms with E-state index in [0.717, 1.165) is 45.1 Å². The van der Waals surface area contributed by atoms with Crippen molar-refractivity contribution in [3.8, 4) is 50.7 Å². The van der Waals surface area contributed by atoms with Crippen LogP contribution < -0.4 is 0 Å². The molecule has 53 heavy (non-hydrogen) atoms. The van der Waals surface area contributed by atoms with Crippen LogP contribution >= 0.6 is 11.3 Å². The predicted octanol–water partition coefficient (Wildman–Crippen LogP) is 13.2. The molecule has 0 fully saturated rings. The maximum absolute atomic E-state index is 5.50. The molecule has 250 valence electrons. The van der Waals surface area contributed by atoms with Crippen molar-refractivity contribution in [3.63, 3.8) is 0 Å². The smallest absolute Gasteiger partial charge is 0.163 e. The van der Waals surface area contributed by atoms with Crippen molar-refractivity contribution >= 4 is 53.3 Å². The summed E-state index contributed by atoms with van der Waals surface area (Å²) in [6.45, 7) is 4.70. The van der Waals surface area contributed by atoms with E-state index in [4.69, 9.17) is 9.97 Å². The first-order valence-electron chi connectivity index (χ1n) is 18.2. The van der Waals surface area contributed by atoms with Gasteiger partial charge in [0.25, 0.3) is 0 Å². The highest BCUT2D eigenvalue weighted by Crippen LogP contribution is 2.51. The molecule has 3 nitrogen and oxygen atoms in total. The Balaban J connectivity index is 1.21. The van der Waals surface area contributed by atoms with Crippen LogP contribution in [0.25, 0.3) is 92.7 Å². The highest BCUT2D eigenvalue weighted by molar-refractivity contribution is 7.26. The molecule has 0 radical (unpaired) electrons.